The second kappa shape index (κ2) is 11.7. The third-order valence-electron chi connectivity index (χ3n) is 2.58. The summed E-state index contributed by atoms with van der Waals surface area (Å²) in [5.74, 6) is 1.77. The van der Waals surface area contributed by atoms with Crippen LogP contribution in [0.5, 0.6) is 5.75 Å². The van der Waals surface area contributed by atoms with Crippen LogP contribution in [0.3, 0.4) is 0 Å². The molecule has 1 rings (SSSR count). The van der Waals surface area contributed by atoms with Crippen LogP contribution in [-0.2, 0) is 6.54 Å². The van der Waals surface area contributed by atoms with Gasteiger partial charge in [-0.1, -0.05) is 19.1 Å². The summed E-state index contributed by atoms with van der Waals surface area (Å²) >= 11 is 0. The molecule has 0 heterocycles. The molecule has 0 spiro atoms. The maximum atomic E-state index is 5.69. The molecule has 1 aromatic rings. The molecule has 1 aromatic carbocycles. The average Bonchev–Trinajstić information content (AvgIpc) is 2.41. The van der Waals surface area contributed by atoms with Gasteiger partial charge in [-0.05, 0) is 44.9 Å². The van der Waals surface area contributed by atoms with E-state index in [9.17, 15) is 0 Å². The quantitative estimate of drug-likeness (QED) is 0.414. The molecule has 0 aliphatic rings. The molecule has 0 aromatic heterocycles. The van der Waals surface area contributed by atoms with E-state index >= 15 is 0 Å². The first kappa shape index (κ1) is 20.0. The Morgan fingerprint density at radius 1 is 1.24 bits per heavy atom. The molecule has 5 heteroatoms. The number of benzene rings is 1. The number of nitrogens with zero attached hydrogens (tertiary/aromatic N) is 1. The van der Waals surface area contributed by atoms with Crippen LogP contribution in [0.2, 0.25) is 0 Å². The normalized spacial score (nSPS) is 11.0. The molecule has 0 unspecified atom stereocenters. The fourth-order valence-electron chi connectivity index (χ4n) is 1.74. The summed E-state index contributed by atoms with van der Waals surface area (Å²) in [6.07, 6.45) is 1.28. The number of rotatable bonds is 7. The number of ether oxygens (including phenoxy) is 1. The molecule has 0 aliphatic carbocycles. The fraction of sp³-hybridized carbons (Fsp3) is 0.562. The van der Waals surface area contributed by atoms with Gasteiger partial charge in [0.15, 0.2) is 5.96 Å². The van der Waals surface area contributed by atoms with Gasteiger partial charge in [0.1, 0.15) is 5.75 Å². The van der Waals surface area contributed by atoms with E-state index in [0.29, 0.717) is 6.54 Å². The van der Waals surface area contributed by atoms with Crippen molar-refractivity contribution in [2.24, 2.45) is 4.99 Å². The van der Waals surface area contributed by atoms with Gasteiger partial charge >= 0.3 is 0 Å². The van der Waals surface area contributed by atoms with Crippen molar-refractivity contribution in [2.75, 3.05) is 13.1 Å². The van der Waals surface area contributed by atoms with Crippen molar-refractivity contribution in [1.29, 1.82) is 0 Å². The lowest BCUT2D eigenvalue weighted by Gasteiger charge is -2.12. The minimum absolute atomic E-state index is 0. The van der Waals surface area contributed by atoms with Gasteiger partial charge in [-0.25, -0.2) is 4.99 Å². The minimum Gasteiger partial charge on any atom is -0.491 e. The highest BCUT2D eigenvalue weighted by atomic mass is 127. The summed E-state index contributed by atoms with van der Waals surface area (Å²) in [6, 6.07) is 8.11. The van der Waals surface area contributed by atoms with Crippen LogP contribution in [-0.4, -0.2) is 25.2 Å². The molecular formula is C16H28IN3O. The first-order valence-corrected chi connectivity index (χ1v) is 7.43. The van der Waals surface area contributed by atoms with E-state index in [2.05, 4.69) is 35.5 Å². The average molecular weight is 405 g/mol. The maximum Gasteiger partial charge on any atom is 0.191 e. The number of hydrogen-bond acceptors (Lipinski definition) is 2. The second-order valence-electron chi connectivity index (χ2n) is 4.94. The zero-order chi connectivity index (χ0) is 14.8. The lowest BCUT2D eigenvalue weighted by atomic mass is 10.2. The molecule has 0 amide bonds. The molecule has 0 saturated heterocycles. The van der Waals surface area contributed by atoms with Crippen LogP contribution in [0.1, 0.15) is 39.7 Å². The first-order valence-electron chi connectivity index (χ1n) is 7.43. The number of aliphatic imine (C=N–C) groups is 1. The summed E-state index contributed by atoms with van der Waals surface area (Å²) in [5.41, 5.74) is 1.15. The molecule has 0 saturated carbocycles. The van der Waals surface area contributed by atoms with Crippen LogP contribution in [0.4, 0.5) is 0 Å². The summed E-state index contributed by atoms with van der Waals surface area (Å²) in [5, 5.41) is 6.54. The number of hydrogen-bond donors (Lipinski definition) is 2. The molecule has 0 aliphatic heterocycles. The van der Waals surface area contributed by atoms with E-state index in [1.165, 1.54) is 0 Å². The number of guanidine groups is 1. The van der Waals surface area contributed by atoms with Gasteiger partial charge in [-0.2, -0.15) is 0 Å². The van der Waals surface area contributed by atoms with E-state index in [1.807, 2.05) is 32.0 Å². The largest absolute Gasteiger partial charge is 0.491 e. The van der Waals surface area contributed by atoms with Crippen molar-refractivity contribution < 1.29 is 4.74 Å². The van der Waals surface area contributed by atoms with Crippen molar-refractivity contribution in [2.45, 2.75) is 46.8 Å². The highest BCUT2D eigenvalue weighted by molar-refractivity contribution is 14.0. The van der Waals surface area contributed by atoms with Crippen LogP contribution >= 0.6 is 24.0 Å². The molecule has 4 nitrogen and oxygen atoms in total. The molecule has 120 valence electrons. The van der Waals surface area contributed by atoms with Crippen LogP contribution in [0, 0.1) is 0 Å². The Balaban J connectivity index is 0.00000400. The van der Waals surface area contributed by atoms with E-state index in [4.69, 9.17) is 4.74 Å². The Kier molecular flexibility index (Phi) is 11.1. The number of nitrogens with one attached hydrogen (secondary N) is 2. The third-order valence-corrected chi connectivity index (χ3v) is 2.58. The van der Waals surface area contributed by atoms with Crippen LogP contribution < -0.4 is 15.4 Å². The van der Waals surface area contributed by atoms with Gasteiger partial charge in [-0.15, -0.1) is 24.0 Å². The Morgan fingerprint density at radius 2 is 2.00 bits per heavy atom. The summed E-state index contributed by atoms with van der Waals surface area (Å²) in [6.45, 7) is 10.7. The first-order chi connectivity index (χ1) is 9.65. The molecule has 0 bridgehead atoms. The molecular weight excluding hydrogens is 377 g/mol. The monoisotopic (exact) mass is 405 g/mol. The smallest absolute Gasteiger partial charge is 0.191 e. The molecule has 21 heavy (non-hydrogen) atoms. The Morgan fingerprint density at radius 3 is 2.62 bits per heavy atom. The van der Waals surface area contributed by atoms with Crippen molar-refractivity contribution in [3.8, 4) is 5.75 Å². The van der Waals surface area contributed by atoms with E-state index in [0.717, 1.165) is 36.8 Å². The second-order valence-corrected chi connectivity index (χ2v) is 4.94. The maximum absolute atomic E-state index is 5.69. The molecule has 2 N–H and O–H groups in total. The van der Waals surface area contributed by atoms with Gasteiger partial charge in [0.05, 0.1) is 12.6 Å². The minimum atomic E-state index is 0. The van der Waals surface area contributed by atoms with Crippen LogP contribution in [0.15, 0.2) is 29.3 Å². The highest BCUT2D eigenvalue weighted by Gasteiger charge is 2.00. The molecule has 0 radical (unpaired) electrons. The molecule has 0 atom stereocenters. The van der Waals surface area contributed by atoms with Crippen molar-refractivity contribution in [3.05, 3.63) is 29.8 Å². The summed E-state index contributed by atoms with van der Waals surface area (Å²) in [7, 11) is 0. The van der Waals surface area contributed by atoms with E-state index in [-0.39, 0.29) is 30.1 Å². The Labute approximate surface area is 145 Å². The predicted octanol–water partition coefficient (Wildman–Crippen LogP) is 3.56. The number of halogens is 1. The fourth-order valence-corrected chi connectivity index (χ4v) is 1.74. The lowest BCUT2D eigenvalue weighted by Crippen LogP contribution is -2.37. The lowest BCUT2D eigenvalue weighted by molar-refractivity contribution is 0.242. The van der Waals surface area contributed by atoms with E-state index < -0.39 is 0 Å². The van der Waals surface area contributed by atoms with Gasteiger partial charge < -0.3 is 15.4 Å². The van der Waals surface area contributed by atoms with Crippen molar-refractivity contribution >= 4 is 29.9 Å². The van der Waals surface area contributed by atoms with Crippen molar-refractivity contribution in [1.82, 2.24) is 10.6 Å². The zero-order valence-electron chi connectivity index (χ0n) is 13.5. The van der Waals surface area contributed by atoms with Gasteiger partial charge in [0.25, 0.3) is 0 Å². The standard InChI is InChI=1S/C16H27N3O.HI/c1-5-10-18-16(17-6-2)19-12-14-8-7-9-15(11-14)20-13(3)4;/h7-9,11,13H,5-6,10,12H2,1-4H3,(H2,17,18,19);1H. The zero-order valence-corrected chi connectivity index (χ0v) is 15.8. The predicted molar refractivity (Wildman–Crippen MR) is 101 cm³/mol. The summed E-state index contributed by atoms with van der Waals surface area (Å²) < 4.78 is 5.69. The van der Waals surface area contributed by atoms with E-state index in [1.54, 1.807) is 0 Å². The highest BCUT2D eigenvalue weighted by Crippen LogP contribution is 2.15. The molecule has 0 fully saturated rings. The SMILES string of the molecule is CCCNC(=NCc1cccc(OC(C)C)c1)NCC.I. The van der Waals surface area contributed by atoms with Gasteiger partial charge in [0.2, 0.25) is 0 Å². The topological polar surface area (TPSA) is 45.7 Å². The Hall–Kier alpha value is -0.980. The Bertz CT molecular complexity index is 422. The van der Waals surface area contributed by atoms with Gasteiger partial charge in [-0.3, -0.25) is 0 Å². The van der Waals surface area contributed by atoms with Gasteiger partial charge in [0, 0.05) is 13.1 Å². The summed E-state index contributed by atoms with van der Waals surface area (Å²) in [4.78, 5) is 4.58. The van der Waals surface area contributed by atoms with Crippen molar-refractivity contribution in [3.63, 3.8) is 0 Å². The van der Waals surface area contributed by atoms with Crippen LogP contribution in [0.25, 0.3) is 0 Å². The third kappa shape index (κ3) is 8.80.